The maximum atomic E-state index is 10.7. The molecule has 0 spiro atoms. The van der Waals surface area contributed by atoms with Crippen molar-refractivity contribution in [2.45, 2.75) is 0 Å². The molecule has 0 aliphatic heterocycles. The normalized spacial score (nSPS) is 10.6. The summed E-state index contributed by atoms with van der Waals surface area (Å²) in [6, 6.07) is 7.53. The van der Waals surface area contributed by atoms with Crippen LogP contribution in [0, 0.1) is 0 Å². The number of nitrogens with two attached hydrogens (primary N) is 1. The zero-order valence-electron chi connectivity index (χ0n) is 8.90. The number of primary amides is 1. The Kier molecular flexibility index (Phi) is 2.44. The fraction of sp³-hybridized carbons (Fsp3) is 0.182. The summed E-state index contributed by atoms with van der Waals surface area (Å²) in [5.41, 5.74) is 6.49. The van der Waals surface area contributed by atoms with Gasteiger partial charge in [-0.2, -0.15) is 0 Å². The van der Waals surface area contributed by atoms with Crippen LogP contribution in [-0.2, 0) is 11.8 Å². The highest BCUT2D eigenvalue weighted by Crippen LogP contribution is 2.34. The van der Waals surface area contributed by atoms with Crippen LogP contribution in [0.25, 0.3) is 10.9 Å². The van der Waals surface area contributed by atoms with Crippen molar-refractivity contribution >= 4 is 22.5 Å². The van der Waals surface area contributed by atoms with Gasteiger partial charge in [0.2, 0.25) is 11.8 Å². The zero-order chi connectivity index (χ0) is 11.7. The highest BCUT2D eigenvalue weighted by molar-refractivity contribution is 5.97. The number of aromatic hydroxyl groups is 1. The predicted molar refractivity (Wildman–Crippen MR) is 62.3 cm³/mol. The van der Waals surface area contributed by atoms with Crippen LogP contribution < -0.4 is 11.1 Å². The molecule has 1 heterocycles. The van der Waals surface area contributed by atoms with Crippen molar-refractivity contribution in [3.63, 3.8) is 0 Å². The summed E-state index contributed by atoms with van der Waals surface area (Å²) in [6.45, 7) is 0.00156. The first-order valence-electron chi connectivity index (χ1n) is 4.90. The SMILES string of the molecule is Cn1c(O)c(NCC(N)=O)c2ccccc21. The lowest BCUT2D eigenvalue weighted by molar-refractivity contribution is -0.116. The summed E-state index contributed by atoms with van der Waals surface area (Å²) in [6.07, 6.45) is 0. The van der Waals surface area contributed by atoms with Crippen LogP contribution in [0.15, 0.2) is 24.3 Å². The smallest absolute Gasteiger partial charge is 0.236 e. The van der Waals surface area contributed by atoms with E-state index in [0.717, 1.165) is 10.9 Å². The van der Waals surface area contributed by atoms with E-state index in [-0.39, 0.29) is 12.4 Å². The van der Waals surface area contributed by atoms with Crippen molar-refractivity contribution in [3.05, 3.63) is 24.3 Å². The molecule has 1 aromatic heterocycles. The number of hydrogen-bond donors (Lipinski definition) is 3. The van der Waals surface area contributed by atoms with Gasteiger partial charge < -0.3 is 20.7 Å². The lowest BCUT2D eigenvalue weighted by Gasteiger charge is -2.02. The van der Waals surface area contributed by atoms with Crippen LogP contribution in [0.2, 0.25) is 0 Å². The molecule has 0 atom stereocenters. The minimum atomic E-state index is -0.465. The van der Waals surface area contributed by atoms with Crippen LogP contribution in [-0.4, -0.2) is 22.1 Å². The largest absolute Gasteiger partial charge is 0.493 e. The third-order valence-corrected chi connectivity index (χ3v) is 2.52. The summed E-state index contributed by atoms with van der Waals surface area (Å²) in [5, 5.41) is 13.6. The molecule has 0 aliphatic carbocycles. The first kappa shape index (κ1) is 10.4. The molecule has 5 heteroatoms. The van der Waals surface area contributed by atoms with Crippen LogP contribution in [0.3, 0.4) is 0 Å². The molecular weight excluding hydrogens is 206 g/mol. The third-order valence-electron chi connectivity index (χ3n) is 2.52. The number of carbonyl (C=O) groups is 1. The number of nitrogens with one attached hydrogen (secondary N) is 1. The molecule has 2 rings (SSSR count). The second-order valence-electron chi connectivity index (χ2n) is 3.59. The monoisotopic (exact) mass is 219 g/mol. The number of rotatable bonds is 3. The van der Waals surface area contributed by atoms with E-state index in [1.54, 1.807) is 11.6 Å². The Bertz CT molecular complexity index is 545. The van der Waals surface area contributed by atoms with Gasteiger partial charge in [-0.05, 0) is 6.07 Å². The van der Waals surface area contributed by atoms with Crippen molar-refractivity contribution in [2.24, 2.45) is 12.8 Å². The number of amides is 1. The summed E-state index contributed by atoms with van der Waals surface area (Å²) in [5.74, 6) is -0.366. The van der Waals surface area contributed by atoms with Gasteiger partial charge in [0.15, 0.2) is 0 Å². The zero-order valence-corrected chi connectivity index (χ0v) is 8.90. The van der Waals surface area contributed by atoms with E-state index in [1.165, 1.54) is 0 Å². The van der Waals surface area contributed by atoms with E-state index in [9.17, 15) is 9.90 Å². The van der Waals surface area contributed by atoms with E-state index in [4.69, 9.17) is 5.73 Å². The molecule has 0 radical (unpaired) electrons. The number of para-hydroxylation sites is 1. The molecular formula is C11H13N3O2. The Hall–Kier alpha value is -2.17. The Balaban J connectivity index is 2.51. The molecule has 0 fully saturated rings. The molecule has 1 amide bonds. The second-order valence-corrected chi connectivity index (χ2v) is 3.59. The number of fused-ring (bicyclic) bond motifs is 1. The molecule has 2 aromatic rings. The molecule has 0 unspecified atom stereocenters. The average molecular weight is 219 g/mol. The first-order valence-corrected chi connectivity index (χ1v) is 4.90. The van der Waals surface area contributed by atoms with E-state index >= 15 is 0 Å². The van der Waals surface area contributed by atoms with Crippen LogP contribution in [0.1, 0.15) is 0 Å². The third kappa shape index (κ3) is 1.56. The highest BCUT2D eigenvalue weighted by Gasteiger charge is 2.13. The highest BCUT2D eigenvalue weighted by atomic mass is 16.3. The number of nitrogens with zero attached hydrogens (tertiary/aromatic N) is 1. The quantitative estimate of drug-likeness (QED) is 0.713. The minimum Gasteiger partial charge on any atom is -0.493 e. The average Bonchev–Trinajstić information content (AvgIpc) is 2.50. The van der Waals surface area contributed by atoms with Gasteiger partial charge in [-0.25, -0.2) is 0 Å². The number of aryl methyl sites for hydroxylation is 1. The fourth-order valence-corrected chi connectivity index (χ4v) is 1.73. The lowest BCUT2D eigenvalue weighted by Crippen LogP contribution is -2.21. The van der Waals surface area contributed by atoms with Gasteiger partial charge in [-0.3, -0.25) is 4.79 Å². The second kappa shape index (κ2) is 3.77. The molecule has 5 nitrogen and oxygen atoms in total. The Morgan fingerprint density at radius 2 is 2.19 bits per heavy atom. The molecule has 0 saturated heterocycles. The fourth-order valence-electron chi connectivity index (χ4n) is 1.73. The van der Waals surface area contributed by atoms with Gasteiger partial charge in [0, 0.05) is 12.4 Å². The van der Waals surface area contributed by atoms with Crippen LogP contribution >= 0.6 is 0 Å². The van der Waals surface area contributed by atoms with E-state index in [0.29, 0.717) is 5.69 Å². The van der Waals surface area contributed by atoms with Gasteiger partial charge in [-0.1, -0.05) is 18.2 Å². The van der Waals surface area contributed by atoms with Gasteiger partial charge in [0.25, 0.3) is 0 Å². The first-order chi connectivity index (χ1) is 7.61. The van der Waals surface area contributed by atoms with Gasteiger partial charge in [-0.15, -0.1) is 0 Å². The Morgan fingerprint density at radius 1 is 1.50 bits per heavy atom. The van der Waals surface area contributed by atoms with E-state index in [2.05, 4.69) is 5.32 Å². The Labute approximate surface area is 92.5 Å². The summed E-state index contributed by atoms with van der Waals surface area (Å²) in [4.78, 5) is 10.7. The maximum absolute atomic E-state index is 10.7. The van der Waals surface area contributed by atoms with E-state index < -0.39 is 5.91 Å². The van der Waals surface area contributed by atoms with E-state index in [1.807, 2.05) is 24.3 Å². The maximum Gasteiger partial charge on any atom is 0.236 e. The standard InChI is InChI=1S/C11H13N3O2/c1-14-8-5-3-2-4-7(8)10(11(14)16)13-6-9(12)15/h2-5,13,16H,6H2,1H3,(H2,12,15). The molecule has 4 N–H and O–H groups in total. The molecule has 84 valence electrons. The van der Waals surface area contributed by atoms with Crippen molar-refractivity contribution < 1.29 is 9.90 Å². The van der Waals surface area contributed by atoms with Gasteiger partial charge >= 0.3 is 0 Å². The van der Waals surface area contributed by atoms with Crippen molar-refractivity contribution in [1.29, 1.82) is 0 Å². The predicted octanol–water partition coefficient (Wildman–Crippen LogP) is 0.781. The van der Waals surface area contributed by atoms with Crippen molar-refractivity contribution in [2.75, 3.05) is 11.9 Å². The molecule has 0 saturated carbocycles. The number of aromatic nitrogens is 1. The number of hydrogen-bond acceptors (Lipinski definition) is 3. The molecule has 0 bridgehead atoms. The van der Waals surface area contributed by atoms with Crippen LogP contribution in [0.5, 0.6) is 5.88 Å². The number of anilines is 1. The van der Waals surface area contributed by atoms with Crippen molar-refractivity contribution in [3.8, 4) is 5.88 Å². The summed E-state index contributed by atoms with van der Waals surface area (Å²) < 4.78 is 1.65. The number of benzene rings is 1. The van der Waals surface area contributed by atoms with Gasteiger partial charge in [0.05, 0.1) is 12.1 Å². The summed E-state index contributed by atoms with van der Waals surface area (Å²) >= 11 is 0. The van der Waals surface area contributed by atoms with Gasteiger partial charge in [0.1, 0.15) is 5.69 Å². The number of carbonyl (C=O) groups excluding carboxylic acids is 1. The molecule has 1 aromatic carbocycles. The lowest BCUT2D eigenvalue weighted by atomic mass is 10.2. The van der Waals surface area contributed by atoms with Crippen molar-refractivity contribution in [1.82, 2.24) is 4.57 Å². The topological polar surface area (TPSA) is 80.3 Å². The Morgan fingerprint density at radius 3 is 2.88 bits per heavy atom. The summed E-state index contributed by atoms with van der Waals surface area (Å²) in [7, 11) is 1.76. The molecule has 0 aliphatic rings. The minimum absolute atomic E-state index is 0.00156. The van der Waals surface area contributed by atoms with Crippen LogP contribution in [0.4, 0.5) is 5.69 Å². The molecule has 16 heavy (non-hydrogen) atoms.